The molecule has 0 atom stereocenters. The molecule has 3 nitrogen and oxygen atoms in total. The number of hydrogen-bond donors (Lipinski definition) is 0. The first-order chi connectivity index (χ1) is 6.73. The van der Waals surface area contributed by atoms with Crippen molar-refractivity contribution in [2.24, 2.45) is 0 Å². The second-order valence-corrected chi connectivity index (χ2v) is 6.86. The number of pyridine rings is 1. The van der Waals surface area contributed by atoms with Gasteiger partial charge in [0.05, 0.1) is 0 Å². The predicted octanol–water partition coefficient (Wildman–Crippen LogP) is 3.31. The summed E-state index contributed by atoms with van der Waals surface area (Å²) in [5, 5.41) is 0. The van der Waals surface area contributed by atoms with Gasteiger partial charge in [0.25, 0.3) is 15.5 Å². The third kappa shape index (κ3) is 3.21. The highest BCUT2D eigenvalue weighted by Gasteiger charge is 2.26. The third-order valence-corrected chi connectivity index (χ3v) is 4.38. The van der Waals surface area contributed by atoms with Crippen LogP contribution in [0.15, 0.2) is 15.6 Å². The summed E-state index contributed by atoms with van der Waals surface area (Å²) in [5.74, 6) is 0. The van der Waals surface area contributed by atoms with E-state index in [4.69, 9.17) is 10.7 Å². The third-order valence-electron chi connectivity index (χ3n) is 1.37. The van der Waals surface area contributed by atoms with Gasteiger partial charge in [0.15, 0.2) is 0 Å². The zero-order valence-corrected chi connectivity index (χ0v) is 12.0. The van der Waals surface area contributed by atoms with Gasteiger partial charge in [0.1, 0.15) is 15.2 Å². The lowest BCUT2D eigenvalue weighted by Crippen LogP contribution is -2.05. The number of rotatable bonds is 2. The van der Waals surface area contributed by atoms with E-state index in [1.807, 2.05) is 0 Å². The Bertz CT molecular complexity index is 496. The van der Waals surface area contributed by atoms with E-state index in [0.29, 0.717) is 0 Å². The molecule has 0 aliphatic carbocycles. The lowest BCUT2D eigenvalue weighted by molar-refractivity contribution is 0.142. The fourth-order valence-corrected chi connectivity index (χ4v) is 4.72. The molecule has 0 aromatic carbocycles. The van der Waals surface area contributed by atoms with Crippen molar-refractivity contribution < 1.29 is 17.2 Å². The molecule has 1 aromatic rings. The fraction of sp³-hybridized carbons (Fsp3) is 0.167. The average molecular weight is 432 g/mol. The molecule has 1 aromatic heterocycles. The van der Waals surface area contributed by atoms with Crippen molar-refractivity contribution in [3.05, 3.63) is 19.9 Å². The molecule has 0 radical (unpaired) electrons. The Morgan fingerprint density at radius 2 is 2.07 bits per heavy atom. The summed E-state index contributed by atoms with van der Waals surface area (Å²) >= 11 is 4.50. The SMILES string of the molecule is O=S(=O)(Cl)c1c(I)cc(Br)nc1C(F)F. The van der Waals surface area contributed by atoms with Crippen LogP contribution in [-0.4, -0.2) is 13.4 Å². The second-order valence-electron chi connectivity index (χ2n) is 2.38. The molecular formula is C6H2BrClF2INO2S. The molecule has 0 saturated heterocycles. The molecule has 0 aliphatic rings. The maximum absolute atomic E-state index is 12.5. The van der Waals surface area contributed by atoms with Gasteiger partial charge in [-0.3, -0.25) is 0 Å². The molecular weight excluding hydrogens is 430 g/mol. The van der Waals surface area contributed by atoms with E-state index in [1.54, 1.807) is 22.6 Å². The van der Waals surface area contributed by atoms with E-state index < -0.39 is 26.1 Å². The average Bonchev–Trinajstić information content (AvgIpc) is 1.99. The molecule has 0 fully saturated rings. The molecule has 0 N–H and O–H groups in total. The predicted molar refractivity (Wildman–Crippen MR) is 62.6 cm³/mol. The van der Waals surface area contributed by atoms with Gasteiger partial charge in [-0.15, -0.1) is 0 Å². The van der Waals surface area contributed by atoms with Gasteiger partial charge < -0.3 is 0 Å². The van der Waals surface area contributed by atoms with Crippen LogP contribution in [0.2, 0.25) is 0 Å². The topological polar surface area (TPSA) is 47.0 Å². The highest BCUT2D eigenvalue weighted by molar-refractivity contribution is 14.1. The number of nitrogens with zero attached hydrogens (tertiary/aromatic N) is 1. The summed E-state index contributed by atoms with van der Waals surface area (Å²) in [7, 11) is 0.820. The van der Waals surface area contributed by atoms with E-state index in [-0.39, 0.29) is 8.17 Å². The summed E-state index contributed by atoms with van der Waals surface area (Å²) in [5.41, 5.74) is -0.844. The number of aromatic nitrogens is 1. The molecule has 0 unspecified atom stereocenters. The molecule has 0 saturated carbocycles. The Balaban J connectivity index is 3.62. The van der Waals surface area contributed by atoms with Crippen molar-refractivity contribution in [3.63, 3.8) is 0 Å². The van der Waals surface area contributed by atoms with Gasteiger partial charge in [-0.05, 0) is 44.6 Å². The zero-order chi connectivity index (χ0) is 11.8. The molecule has 0 spiro atoms. The normalized spacial score (nSPS) is 12.1. The lowest BCUT2D eigenvalue weighted by atomic mass is 10.4. The minimum atomic E-state index is -4.22. The van der Waals surface area contributed by atoms with E-state index in [2.05, 4.69) is 20.9 Å². The largest absolute Gasteiger partial charge is 0.281 e. The molecule has 9 heteroatoms. The Hall–Kier alpha value is 0.460. The van der Waals surface area contributed by atoms with Crippen LogP contribution in [0.3, 0.4) is 0 Å². The van der Waals surface area contributed by atoms with Gasteiger partial charge in [0.2, 0.25) is 0 Å². The van der Waals surface area contributed by atoms with Crippen LogP contribution in [0, 0.1) is 3.57 Å². The number of alkyl halides is 2. The highest BCUT2D eigenvalue weighted by Crippen LogP contribution is 2.32. The highest BCUT2D eigenvalue weighted by atomic mass is 127. The molecule has 0 amide bonds. The fourth-order valence-electron chi connectivity index (χ4n) is 0.880. The Morgan fingerprint density at radius 1 is 1.53 bits per heavy atom. The van der Waals surface area contributed by atoms with Crippen LogP contribution in [0.1, 0.15) is 12.1 Å². The summed E-state index contributed by atoms with van der Waals surface area (Å²) in [6, 6.07) is 1.29. The van der Waals surface area contributed by atoms with E-state index in [9.17, 15) is 17.2 Å². The molecule has 1 rings (SSSR count). The summed E-state index contributed by atoms with van der Waals surface area (Å²) in [6.07, 6.45) is -3.00. The van der Waals surface area contributed by atoms with Crippen molar-refractivity contribution in [2.45, 2.75) is 11.3 Å². The quantitative estimate of drug-likeness (QED) is 0.409. The van der Waals surface area contributed by atoms with Crippen LogP contribution in [0.5, 0.6) is 0 Å². The molecule has 15 heavy (non-hydrogen) atoms. The van der Waals surface area contributed by atoms with Crippen molar-refractivity contribution in [2.75, 3.05) is 0 Å². The maximum atomic E-state index is 12.5. The van der Waals surface area contributed by atoms with Crippen molar-refractivity contribution >= 4 is 58.3 Å². The Labute approximate surface area is 111 Å². The van der Waals surface area contributed by atoms with Gasteiger partial charge >= 0.3 is 0 Å². The van der Waals surface area contributed by atoms with Crippen molar-refractivity contribution in [1.29, 1.82) is 0 Å². The van der Waals surface area contributed by atoms with Gasteiger partial charge in [-0.25, -0.2) is 22.2 Å². The summed E-state index contributed by atoms with van der Waals surface area (Å²) in [6.45, 7) is 0. The van der Waals surface area contributed by atoms with E-state index in [1.165, 1.54) is 6.07 Å². The van der Waals surface area contributed by atoms with Crippen LogP contribution in [0.4, 0.5) is 8.78 Å². The van der Waals surface area contributed by atoms with Crippen LogP contribution in [0.25, 0.3) is 0 Å². The van der Waals surface area contributed by atoms with E-state index >= 15 is 0 Å². The maximum Gasteiger partial charge on any atom is 0.281 e. The first kappa shape index (κ1) is 13.5. The van der Waals surface area contributed by atoms with Crippen LogP contribution < -0.4 is 0 Å². The zero-order valence-electron chi connectivity index (χ0n) is 6.72. The molecule has 1 heterocycles. The van der Waals surface area contributed by atoms with Crippen molar-refractivity contribution in [1.82, 2.24) is 4.98 Å². The van der Waals surface area contributed by atoms with Gasteiger partial charge in [-0.2, -0.15) is 0 Å². The lowest BCUT2D eigenvalue weighted by Gasteiger charge is -2.07. The molecule has 0 bridgehead atoms. The summed E-state index contributed by atoms with van der Waals surface area (Å²) in [4.78, 5) is 2.76. The molecule has 0 aliphatic heterocycles. The van der Waals surface area contributed by atoms with Gasteiger partial charge in [0, 0.05) is 14.3 Å². The van der Waals surface area contributed by atoms with Gasteiger partial charge in [-0.1, -0.05) is 0 Å². The second kappa shape index (κ2) is 4.76. The van der Waals surface area contributed by atoms with Crippen LogP contribution in [-0.2, 0) is 9.05 Å². The minimum absolute atomic E-state index is 0.0970. The Morgan fingerprint density at radius 3 is 2.47 bits per heavy atom. The van der Waals surface area contributed by atoms with E-state index in [0.717, 1.165) is 0 Å². The number of hydrogen-bond acceptors (Lipinski definition) is 3. The Kier molecular flexibility index (Phi) is 4.29. The minimum Gasteiger partial charge on any atom is -0.238 e. The molecule has 84 valence electrons. The first-order valence-electron chi connectivity index (χ1n) is 3.32. The summed E-state index contributed by atoms with van der Waals surface area (Å²) < 4.78 is 47.4. The smallest absolute Gasteiger partial charge is 0.238 e. The standard InChI is InChI=1S/C6H2BrClF2INO2S/c7-3-1-2(11)5(15(8,13)14)4(12-3)6(9)10/h1,6H. The number of halogens is 5. The first-order valence-corrected chi connectivity index (χ1v) is 7.50. The van der Waals surface area contributed by atoms with Crippen LogP contribution >= 0.6 is 49.2 Å². The monoisotopic (exact) mass is 431 g/mol. The van der Waals surface area contributed by atoms with Crippen molar-refractivity contribution in [3.8, 4) is 0 Å².